The first-order chi connectivity index (χ1) is 12.1. The van der Waals surface area contributed by atoms with Crippen molar-refractivity contribution in [3.8, 4) is 11.5 Å². The molecule has 5 nitrogen and oxygen atoms in total. The predicted octanol–water partition coefficient (Wildman–Crippen LogP) is 5.95. The molecule has 2 aromatic carbocycles. The van der Waals surface area contributed by atoms with E-state index in [4.69, 9.17) is 16.3 Å². The van der Waals surface area contributed by atoms with Crippen molar-refractivity contribution in [2.45, 2.75) is 13.1 Å². The second-order valence-corrected chi connectivity index (χ2v) is 6.55. The van der Waals surface area contributed by atoms with E-state index in [-0.39, 0.29) is 27.8 Å². The monoisotopic (exact) mass is 405 g/mol. The number of hydrogen-bond acceptors (Lipinski definition) is 5. The first kappa shape index (κ1) is 20.1. The van der Waals surface area contributed by atoms with Crippen LogP contribution in [0.4, 0.5) is 18.9 Å². The Labute approximate surface area is 155 Å². The van der Waals surface area contributed by atoms with Gasteiger partial charge in [0, 0.05) is 6.07 Å². The number of carbonyl (C=O) groups is 1. The van der Waals surface area contributed by atoms with E-state index < -0.39 is 21.8 Å². The number of nitro benzene ring substituents is 1. The molecule has 0 saturated carbocycles. The quantitative estimate of drug-likeness (QED) is 0.454. The maximum Gasteiger partial charge on any atom is 0.416 e. The molecule has 0 atom stereocenters. The van der Waals surface area contributed by atoms with Crippen LogP contribution in [0.15, 0.2) is 36.4 Å². The Morgan fingerprint density at radius 2 is 1.96 bits per heavy atom. The Kier molecular flexibility index (Phi) is 6.14. The van der Waals surface area contributed by atoms with Gasteiger partial charge in [0.15, 0.2) is 0 Å². The molecule has 2 rings (SSSR count). The summed E-state index contributed by atoms with van der Waals surface area (Å²) >= 11 is 6.70. The molecule has 0 aromatic heterocycles. The summed E-state index contributed by atoms with van der Waals surface area (Å²) in [7, 11) is 0. The van der Waals surface area contributed by atoms with Crippen LogP contribution < -0.4 is 4.74 Å². The summed E-state index contributed by atoms with van der Waals surface area (Å²) in [6, 6.07) is 6.04. The number of hydrogen-bond donors (Lipinski definition) is 0. The van der Waals surface area contributed by atoms with Crippen LogP contribution in [-0.4, -0.2) is 15.8 Å². The maximum absolute atomic E-state index is 12.7. The Morgan fingerprint density at radius 3 is 2.50 bits per heavy atom. The van der Waals surface area contributed by atoms with Gasteiger partial charge in [-0.25, -0.2) is 0 Å². The SMILES string of the molecule is CCSC(=O)c1cc(Oc2ccc(C(F)(F)F)cc2Cl)ccc1[N+](=O)[O-]. The molecule has 138 valence electrons. The Balaban J connectivity index is 2.37. The lowest BCUT2D eigenvalue weighted by molar-refractivity contribution is -0.385. The topological polar surface area (TPSA) is 69.4 Å². The van der Waals surface area contributed by atoms with Gasteiger partial charge in [-0.3, -0.25) is 14.9 Å². The molecule has 26 heavy (non-hydrogen) atoms. The van der Waals surface area contributed by atoms with Gasteiger partial charge in [-0.2, -0.15) is 13.2 Å². The first-order valence-electron chi connectivity index (χ1n) is 7.13. The number of nitro groups is 1. The maximum atomic E-state index is 12.7. The van der Waals surface area contributed by atoms with Crippen LogP contribution >= 0.6 is 23.4 Å². The third kappa shape index (κ3) is 4.67. The van der Waals surface area contributed by atoms with Crippen molar-refractivity contribution in [2.24, 2.45) is 0 Å². The average molecular weight is 406 g/mol. The largest absolute Gasteiger partial charge is 0.456 e. The molecule has 0 aliphatic heterocycles. The van der Waals surface area contributed by atoms with E-state index in [1.54, 1.807) is 6.92 Å². The van der Waals surface area contributed by atoms with Crippen LogP contribution in [0.5, 0.6) is 11.5 Å². The van der Waals surface area contributed by atoms with Gasteiger partial charge in [-0.05, 0) is 36.1 Å². The Bertz CT molecular complexity index is 858. The van der Waals surface area contributed by atoms with Crippen molar-refractivity contribution in [3.05, 3.63) is 62.7 Å². The molecule has 10 heteroatoms. The molecule has 0 saturated heterocycles. The van der Waals surface area contributed by atoms with Gasteiger partial charge < -0.3 is 4.74 Å². The number of nitrogens with zero attached hydrogens (tertiary/aromatic N) is 1. The summed E-state index contributed by atoms with van der Waals surface area (Å²) in [6.07, 6.45) is -4.55. The molecule has 0 aliphatic rings. The highest BCUT2D eigenvalue weighted by Crippen LogP contribution is 2.37. The molecular formula is C16H11ClF3NO4S. The normalized spacial score (nSPS) is 11.3. The van der Waals surface area contributed by atoms with E-state index in [2.05, 4.69) is 0 Å². The molecule has 0 heterocycles. The van der Waals surface area contributed by atoms with Crippen LogP contribution in [0.25, 0.3) is 0 Å². The molecular weight excluding hydrogens is 395 g/mol. The highest BCUT2D eigenvalue weighted by atomic mass is 35.5. The van der Waals surface area contributed by atoms with Crippen LogP contribution in [-0.2, 0) is 6.18 Å². The highest BCUT2D eigenvalue weighted by Gasteiger charge is 2.31. The lowest BCUT2D eigenvalue weighted by Crippen LogP contribution is -2.04. The lowest BCUT2D eigenvalue weighted by atomic mass is 10.2. The van der Waals surface area contributed by atoms with E-state index in [1.807, 2.05) is 0 Å². The summed E-state index contributed by atoms with van der Waals surface area (Å²) in [5.74, 6) is 0.388. The summed E-state index contributed by atoms with van der Waals surface area (Å²) in [5, 5.41) is 10.3. The van der Waals surface area contributed by atoms with Gasteiger partial charge in [-0.15, -0.1) is 0 Å². The minimum absolute atomic E-state index is 0.0392. The van der Waals surface area contributed by atoms with Crippen molar-refractivity contribution in [2.75, 3.05) is 5.75 Å². The zero-order valence-electron chi connectivity index (χ0n) is 13.2. The summed E-state index contributed by atoms with van der Waals surface area (Å²) in [6.45, 7) is 1.72. The third-order valence-corrected chi connectivity index (χ3v) is 4.21. The van der Waals surface area contributed by atoms with Crippen molar-refractivity contribution in [1.82, 2.24) is 0 Å². The number of halogens is 4. The first-order valence-corrected chi connectivity index (χ1v) is 8.50. The number of benzene rings is 2. The summed E-state index contributed by atoms with van der Waals surface area (Å²) in [4.78, 5) is 22.4. The van der Waals surface area contributed by atoms with Gasteiger partial charge in [0.05, 0.1) is 15.5 Å². The van der Waals surface area contributed by atoms with E-state index in [0.29, 0.717) is 11.8 Å². The van der Waals surface area contributed by atoms with Crippen molar-refractivity contribution in [3.63, 3.8) is 0 Å². The average Bonchev–Trinajstić information content (AvgIpc) is 2.55. The number of rotatable bonds is 5. The lowest BCUT2D eigenvalue weighted by Gasteiger charge is -2.12. The minimum Gasteiger partial charge on any atom is -0.456 e. The number of alkyl halides is 3. The summed E-state index contributed by atoms with van der Waals surface area (Å²) in [5.41, 5.74) is -1.49. The highest BCUT2D eigenvalue weighted by molar-refractivity contribution is 8.14. The van der Waals surface area contributed by atoms with Crippen LogP contribution in [0.3, 0.4) is 0 Å². The van der Waals surface area contributed by atoms with Gasteiger partial charge in [0.1, 0.15) is 17.1 Å². The van der Waals surface area contributed by atoms with Crippen molar-refractivity contribution < 1.29 is 27.6 Å². The van der Waals surface area contributed by atoms with Gasteiger partial charge in [-0.1, -0.05) is 30.3 Å². The third-order valence-electron chi connectivity index (χ3n) is 3.15. The fourth-order valence-electron chi connectivity index (χ4n) is 2.00. The van der Waals surface area contributed by atoms with Gasteiger partial charge in [0.2, 0.25) is 5.12 Å². The number of thioether (sulfide) groups is 1. The van der Waals surface area contributed by atoms with E-state index in [0.717, 1.165) is 36.0 Å². The molecule has 0 spiro atoms. The smallest absolute Gasteiger partial charge is 0.416 e. The Morgan fingerprint density at radius 1 is 1.27 bits per heavy atom. The van der Waals surface area contributed by atoms with Crippen LogP contribution in [0, 0.1) is 10.1 Å². The van der Waals surface area contributed by atoms with Gasteiger partial charge in [0.25, 0.3) is 5.69 Å². The molecule has 0 N–H and O–H groups in total. The van der Waals surface area contributed by atoms with Crippen LogP contribution in [0.1, 0.15) is 22.8 Å². The molecule has 0 aliphatic carbocycles. The number of carbonyl (C=O) groups excluding carboxylic acids is 1. The number of ether oxygens (including phenoxy) is 1. The molecule has 0 amide bonds. The summed E-state index contributed by atoms with van der Waals surface area (Å²) < 4.78 is 43.4. The van der Waals surface area contributed by atoms with E-state index in [1.165, 1.54) is 6.07 Å². The van der Waals surface area contributed by atoms with Crippen molar-refractivity contribution >= 4 is 34.2 Å². The standard InChI is InChI=1S/C16H11ClF3NO4S/c1-2-26-15(22)11-8-10(4-5-13(11)21(23)24)25-14-6-3-9(7-12(14)17)16(18,19)20/h3-8H,2H2,1H3. The van der Waals surface area contributed by atoms with E-state index in [9.17, 15) is 28.1 Å². The second kappa shape index (κ2) is 7.96. The molecule has 0 fully saturated rings. The van der Waals surface area contributed by atoms with Gasteiger partial charge >= 0.3 is 6.18 Å². The second-order valence-electron chi connectivity index (χ2n) is 4.90. The minimum atomic E-state index is -4.55. The molecule has 2 aromatic rings. The molecule has 0 bridgehead atoms. The fourth-order valence-corrected chi connectivity index (χ4v) is 2.80. The van der Waals surface area contributed by atoms with Crippen molar-refractivity contribution in [1.29, 1.82) is 0 Å². The van der Waals surface area contributed by atoms with E-state index >= 15 is 0 Å². The molecule has 0 unspecified atom stereocenters. The Hall–Kier alpha value is -2.26. The zero-order chi connectivity index (χ0) is 19.5. The molecule has 0 radical (unpaired) electrons. The fraction of sp³-hybridized carbons (Fsp3) is 0.188. The predicted molar refractivity (Wildman–Crippen MR) is 92.1 cm³/mol. The zero-order valence-corrected chi connectivity index (χ0v) is 14.7. The van der Waals surface area contributed by atoms with Crippen LogP contribution in [0.2, 0.25) is 5.02 Å².